The van der Waals surface area contributed by atoms with Crippen LogP contribution in [0.2, 0.25) is 0 Å². The van der Waals surface area contributed by atoms with Crippen molar-refractivity contribution < 1.29 is 8.83 Å². The van der Waals surface area contributed by atoms with Gasteiger partial charge in [0.1, 0.15) is 11.2 Å². The predicted molar refractivity (Wildman–Crippen MR) is 234 cm³/mol. The second kappa shape index (κ2) is 11.5. The Morgan fingerprint density at radius 2 is 0.982 bits per heavy atom. The molecule has 56 heavy (non-hydrogen) atoms. The molecule has 2 heterocycles. The summed E-state index contributed by atoms with van der Waals surface area (Å²) >= 11 is 0. The van der Waals surface area contributed by atoms with Gasteiger partial charge in [-0.05, 0) is 85.8 Å². The topological polar surface area (TPSA) is 29.5 Å². The smallest absolute Gasteiger partial charge is 0.159 e. The number of benzene rings is 9. The lowest BCUT2D eigenvalue weighted by Crippen LogP contribution is -2.16. The summed E-state index contributed by atoms with van der Waals surface area (Å²) in [6, 6.07) is 63.3. The zero-order chi connectivity index (χ0) is 37.1. The van der Waals surface area contributed by atoms with Crippen molar-refractivity contribution in [2.24, 2.45) is 0 Å². The first kappa shape index (κ1) is 31.3. The van der Waals surface area contributed by atoms with E-state index in [1.807, 2.05) is 6.07 Å². The maximum Gasteiger partial charge on any atom is 0.159 e. The molecular weight excluding hydrogens is 683 g/mol. The van der Waals surface area contributed by atoms with E-state index < -0.39 is 0 Å². The van der Waals surface area contributed by atoms with E-state index in [2.05, 4.69) is 189 Å². The maximum absolute atomic E-state index is 7.33. The molecule has 9 aromatic carbocycles. The predicted octanol–water partition coefficient (Wildman–Crippen LogP) is 15.2. The van der Waals surface area contributed by atoms with Gasteiger partial charge < -0.3 is 13.7 Å². The molecule has 3 heteroatoms. The van der Waals surface area contributed by atoms with Crippen LogP contribution < -0.4 is 4.90 Å². The molecule has 0 amide bonds. The van der Waals surface area contributed by atoms with Gasteiger partial charge in [0.15, 0.2) is 11.2 Å². The zero-order valence-corrected chi connectivity index (χ0v) is 31.0. The maximum atomic E-state index is 7.33. The van der Waals surface area contributed by atoms with Gasteiger partial charge in [-0.1, -0.05) is 153 Å². The van der Waals surface area contributed by atoms with Crippen molar-refractivity contribution in [3.63, 3.8) is 0 Å². The minimum Gasteiger partial charge on any atom is -0.454 e. The van der Waals surface area contributed by atoms with E-state index in [0.717, 1.165) is 72.1 Å². The fourth-order valence-corrected chi connectivity index (χ4v) is 9.62. The van der Waals surface area contributed by atoms with Crippen LogP contribution in [-0.2, 0) is 5.41 Å². The van der Waals surface area contributed by atoms with E-state index in [0.29, 0.717) is 0 Å². The third kappa shape index (κ3) is 4.28. The van der Waals surface area contributed by atoms with E-state index in [-0.39, 0.29) is 5.41 Å². The highest BCUT2D eigenvalue weighted by Gasteiger charge is 2.36. The molecule has 0 bridgehead atoms. The number of fused-ring (bicyclic) bond motifs is 11. The van der Waals surface area contributed by atoms with Crippen molar-refractivity contribution in [2.75, 3.05) is 4.90 Å². The summed E-state index contributed by atoms with van der Waals surface area (Å²) in [5.74, 6) is 0. The molecule has 0 radical (unpaired) electrons. The first-order chi connectivity index (χ1) is 27.5. The Hall–Kier alpha value is -7.10. The van der Waals surface area contributed by atoms with Gasteiger partial charge >= 0.3 is 0 Å². The highest BCUT2D eigenvalue weighted by atomic mass is 16.3. The van der Waals surface area contributed by atoms with Gasteiger partial charge in [0, 0.05) is 38.2 Å². The van der Waals surface area contributed by atoms with Gasteiger partial charge in [0.25, 0.3) is 0 Å². The first-order valence-electron chi connectivity index (χ1n) is 19.3. The summed E-state index contributed by atoms with van der Waals surface area (Å²) < 4.78 is 14.1. The monoisotopic (exact) mass is 717 g/mol. The van der Waals surface area contributed by atoms with Crippen LogP contribution >= 0.6 is 0 Å². The average Bonchev–Trinajstić information content (AvgIpc) is 3.88. The Labute approximate surface area is 323 Å². The molecule has 0 saturated carbocycles. The molecule has 1 aliphatic carbocycles. The highest BCUT2D eigenvalue weighted by Crippen LogP contribution is 2.53. The molecule has 0 saturated heterocycles. The summed E-state index contributed by atoms with van der Waals surface area (Å²) in [4.78, 5) is 2.35. The van der Waals surface area contributed by atoms with E-state index in [1.165, 1.54) is 43.8 Å². The summed E-state index contributed by atoms with van der Waals surface area (Å²) in [6.45, 7) is 4.68. The number of anilines is 3. The average molecular weight is 718 g/mol. The Morgan fingerprint density at radius 1 is 0.393 bits per heavy atom. The van der Waals surface area contributed by atoms with Crippen LogP contribution in [0.1, 0.15) is 25.0 Å². The van der Waals surface area contributed by atoms with Crippen LogP contribution in [0.5, 0.6) is 0 Å². The second-order valence-electron chi connectivity index (χ2n) is 15.6. The van der Waals surface area contributed by atoms with Crippen LogP contribution in [0.15, 0.2) is 185 Å². The fraction of sp³-hybridized carbons (Fsp3) is 0.0566. The second-order valence-corrected chi connectivity index (χ2v) is 15.6. The Balaban J connectivity index is 1.18. The zero-order valence-electron chi connectivity index (χ0n) is 31.0. The fourth-order valence-electron chi connectivity index (χ4n) is 9.62. The van der Waals surface area contributed by atoms with E-state index in [9.17, 15) is 0 Å². The summed E-state index contributed by atoms with van der Waals surface area (Å²) in [7, 11) is 0. The quantitative estimate of drug-likeness (QED) is 0.182. The van der Waals surface area contributed by atoms with E-state index >= 15 is 0 Å². The lowest BCUT2D eigenvalue weighted by atomic mass is 9.82. The summed E-state index contributed by atoms with van der Waals surface area (Å²) in [5, 5.41) is 9.10. The summed E-state index contributed by atoms with van der Waals surface area (Å²) in [6.07, 6.45) is 0. The standard InChI is InChI=1S/C53H35NO2/c1-53(2)44-24-9-7-19-37(44)38-29-28-34(31-45(38)53)54(46-25-12-22-41-39-20-8-10-27-48(39)55-50(41)46)47-26-13-23-42-43-30-33-15-4-6-18-36(33)49(52(43)56-51(42)47)40-21-11-16-32-14-3-5-17-35(32)40/h3-31H,1-2H3. The van der Waals surface area contributed by atoms with Crippen LogP contribution in [-0.4, -0.2) is 0 Å². The van der Waals surface area contributed by atoms with Crippen molar-refractivity contribution in [1.82, 2.24) is 0 Å². The number of hydrogen-bond donors (Lipinski definition) is 0. The third-order valence-electron chi connectivity index (χ3n) is 12.2. The van der Waals surface area contributed by atoms with Crippen LogP contribution in [0.25, 0.3) is 87.7 Å². The largest absolute Gasteiger partial charge is 0.454 e. The molecule has 0 fully saturated rings. The Kier molecular flexibility index (Phi) is 6.40. The molecule has 12 rings (SSSR count). The lowest BCUT2D eigenvalue weighted by Gasteiger charge is -2.28. The number of nitrogens with zero attached hydrogens (tertiary/aromatic N) is 1. The van der Waals surface area contributed by atoms with Crippen LogP contribution in [0, 0.1) is 0 Å². The van der Waals surface area contributed by atoms with Gasteiger partial charge in [-0.3, -0.25) is 0 Å². The first-order valence-corrected chi connectivity index (χ1v) is 19.3. The van der Waals surface area contributed by atoms with Gasteiger partial charge in [0.2, 0.25) is 0 Å². The van der Waals surface area contributed by atoms with Gasteiger partial charge in [-0.2, -0.15) is 0 Å². The number of furan rings is 2. The SMILES string of the molecule is CC1(C)c2ccccc2-c2ccc(N(c3cccc4c3oc3ccccc34)c3cccc4c3oc3c(-c5cccc6ccccc56)c5ccccc5cc34)cc21. The molecular formula is C53H35NO2. The third-order valence-corrected chi connectivity index (χ3v) is 12.2. The van der Waals surface area contributed by atoms with Gasteiger partial charge in [-0.25, -0.2) is 0 Å². The van der Waals surface area contributed by atoms with E-state index in [1.54, 1.807) is 0 Å². The molecule has 0 aliphatic heterocycles. The Morgan fingerprint density at radius 3 is 1.82 bits per heavy atom. The number of rotatable bonds is 4. The van der Waals surface area contributed by atoms with Crippen molar-refractivity contribution in [3.05, 3.63) is 187 Å². The highest BCUT2D eigenvalue weighted by molar-refractivity contribution is 6.22. The van der Waals surface area contributed by atoms with Crippen molar-refractivity contribution in [2.45, 2.75) is 19.3 Å². The molecule has 0 atom stereocenters. The molecule has 264 valence electrons. The molecule has 2 aromatic heterocycles. The van der Waals surface area contributed by atoms with Crippen LogP contribution in [0.3, 0.4) is 0 Å². The number of para-hydroxylation sites is 3. The van der Waals surface area contributed by atoms with Crippen molar-refractivity contribution >= 4 is 82.5 Å². The summed E-state index contributed by atoms with van der Waals surface area (Å²) in [5.41, 5.74) is 13.7. The van der Waals surface area contributed by atoms with Gasteiger partial charge in [-0.15, -0.1) is 0 Å². The van der Waals surface area contributed by atoms with E-state index in [4.69, 9.17) is 8.83 Å². The van der Waals surface area contributed by atoms with Gasteiger partial charge in [0.05, 0.1) is 11.4 Å². The lowest BCUT2D eigenvalue weighted by molar-refractivity contribution is 0.660. The molecule has 0 spiro atoms. The normalized spacial score (nSPS) is 13.3. The van der Waals surface area contributed by atoms with Crippen molar-refractivity contribution in [1.29, 1.82) is 0 Å². The number of hydrogen-bond acceptors (Lipinski definition) is 3. The Bertz CT molecular complexity index is 3410. The molecule has 3 nitrogen and oxygen atoms in total. The molecule has 0 N–H and O–H groups in total. The minimum absolute atomic E-state index is 0.169. The minimum atomic E-state index is -0.169. The van der Waals surface area contributed by atoms with Crippen LogP contribution in [0.4, 0.5) is 17.1 Å². The van der Waals surface area contributed by atoms with Crippen molar-refractivity contribution in [3.8, 4) is 22.3 Å². The molecule has 0 unspecified atom stereocenters. The molecule has 11 aromatic rings. The molecule has 1 aliphatic rings.